The van der Waals surface area contributed by atoms with Gasteiger partial charge in [0.05, 0.1) is 17.8 Å². The largest absolute Gasteiger partial charge is 0.361 e. The lowest BCUT2D eigenvalue weighted by Crippen LogP contribution is -2.16. The molecule has 6 nitrogen and oxygen atoms in total. The molecular weight excluding hydrogens is 328 g/mol. The molecule has 0 saturated heterocycles. The van der Waals surface area contributed by atoms with Crippen LogP contribution in [0, 0.1) is 20.8 Å². The van der Waals surface area contributed by atoms with Gasteiger partial charge in [-0.15, -0.1) is 0 Å². The Morgan fingerprint density at radius 1 is 1.25 bits per heavy atom. The van der Waals surface area contributed by atoms with Gasteiger partial charge in [0.2, 0.25) is 0 Å². The number of carbonyl (C=O) groups excluding carboxylic acids is 1. The molecule has 0 aliphatic heterocycles. The molecule has 7 heteroatoms. The maximum atomic E-state index is 12.6. The van der Waals surface area contributed by atoms with Crippen molar-refractivity contribution in [2.45, 2.75) is 27.3 Å². The molecule has 2 aromatic heterocycles. The van der Waals surface area contributed by atoms with Crippen LogP contribution in [-0.4, -0.2) is 20.8 Å². The van der Waals surface area contributed by atoms with E-state index in [1.54, 1.807) is 24.0 Å². The van der Waals surface area contributed by atoms with E-state index < -0.39 is 0 Å². The lowest BCUT2D eigenvalue weighted by atomic mass is 10.1. The molecule has 0 saturated carbocycles. The summed E-state index contributed by atoms with van der Waals surface area (Å²) in [6.45, 7) is 6.09. The van der Waals surface area contributed by atoms with E-state index in [0.717, 1.165) is 16.8 Å². The number of carbonyl (C=O) groups is 1. The first-order chi connectivity index (χ1) is 11.4. The third-order valence-electron chi connectivity index (χ3n) is 3.60. The van der Waals surface area contributed by atoms with E-state index in [2.05, 4.69) is 15.6 Å². The molecule has 0 fully saturated rings. The number of nitrogens with zero attached hydrogens (tertiary/aromatic N) is 3. The Hall–Kier alpha value is -2.60. The molecule has 1 N–H and O–H groups in total. The minimum Gasteiger partial charge on any atom is -0.361 e. The van der Waals surface area contributed by atoms with Crippen molar-refractivity contribution in [1.29, 1.82) is 0 Å². The fourth-order valence-corrected chi connectivity index (χ4v) is 2.74. The molecule has 0 aliphatic rings. The molecule has 3 aromatic rings. The van der Waals surface area contributed by atoms with Gasteiger partial charge in [0.25, 0.3) is 5.91 Å². The minimum atomic E-state index is -0.315. The molecule has 0 unspecified atom stereocenters. The van der Waals surface area contributed by atoms with Crippen LogP contribution in [0.3, 0.4) is 0 Å². The molecule has 0 atom stereocenters. The summed E-state index contributed by atoms with van der Waals surface area (Å²) in [5.74, 6) is 0.261. The zero-order valence-electron chi connectivity index (χ0n) is 13.6. The Kier molecular flexibility index (Phi) is 4.40. The first kappa shape index (κ1) is 16.3. The fourth-order valence-electron chi connectivity index (χ4n) is 2.58. The summed E-state index contributed by atoms with van der Waals surface area (Å²) >= 11 is 5.88. The van der Waals surface area contributed by atoms with Gasteiger partial charge in [-0.05, 0) is 44.0 Å². The van der Waals surface area contributed by atoms with Gasteiger partial charge in [-0.25, -0.2) is 0 Å². The lowest BCUT2D eigenvalue weighted by Gasteiger charge is -2.07. The minimum absolute atomic E-state index is 0.248. The van der Waals surface area contributed by atoms with E-state index in [9.17, 15) is 4.79 Å². The van der Waals surface area contributed by atoms with Gasteiger partial charge in [-0.1, -0.05) is 22.8 Å². The predicted octanol–water partition coefficient (Wildman–Crippen LogP) is 3.75. The van der Waals surface area contributed by atoms with Crippen molar-refractivity contribution in [3.8, 4) is 0 Å². The summed E-state index contributed by atoms with van der Waals surface area (Å²) in [5, 5.41) is 11.4. The number of hydrogen-bond donors (Lipinski definition) is 1. The molecule has 3 rings (SSSR count). The number of aryl methyl sites for hydroxylation is 3. The molecule has 1 aromatic carbocycles. The lowest BCUT2D eigenvalue weighted by molar-refractivity contribution is 0.101. The topological polar surface area (TPSA) is 73.0 Å². The molecule has 0 spiro atoms. The maximum absolute atomic E-state index is 12.6. The van der Waals surface area contributed by atoms with Crippen molar-refractivity contribution in [3.63, 3.8) is 0 Å². The molecule has 0 radical (unpaired) electrons. The van der Waals surface area contributed by atoms with Crippen molar-refractivity contribution >= 4 is 23.2 Å². The van der Waals surface area contributed by atoms with Crippen LogP contribution in [0.4, 0.5) is 5.69 Å². The van der Waals surface area contributed by atoms with Gasteiger partial charge < -0.3 is 9.84 Å². The summed E-state index contributed by atoms with van der Waals surface area (Å²) in [7, 11) is 0. The molecular formula is C17H17ClN4O2. The van der Waals surface area contributed by atoms with E-state index in [-0.39, 0.29) is 11.6 Å². The zero-order chi connectivity index (χ0) is 17.3. The molecule has 2 heterocycles. The van der Waals surface area contributed by atoms with Gasteiger partial charge in [0.15, 0.2) is 5.69 Å². The molecule has 0 aliphatic carbocycles. The fraction of sp³-hybridized carbons (Fsp3) is 0.235. The molecule has 1 amide bonds. The number of hydrogen-bond acceptors (Lipinski definition) is 4. The van der Waals surface area contributed by atoms with Crippen molar-refractivity contribution in [2.24, 2.45) is 0 Å². The van der Waals surface area contributed by atoms with Crippen molar-refractivity contribution in [2.75, 3.05) is 5.32 Å². The highest BCUT2D eigenvalue weighted by molar-refractivity contribution is 6.30. The molecule has 0 bridgehead atoms. The third-order valence-corrected chi connectivity index (χ3v) is 3.80. The Bertz CT molecular complexity index is 878. The molecule has 124 valence electrons. The monoisotopic (exact) mass is 344 g/mol. The summed E-state index contributed by atoms with van der Waals surface area (Å²) < 4.78 is 6.83. The van der Waals surface area contributed by atoms with Crippen LogP contribution in [0.15, 0.2) is 35.1 Å². The van der Waals surface area contributed by atoms with Gasteiger partial charge in [0, 0.05) is 17.4 Å². The highest BCUT2D eigenvalue weighted by Crippen LogP contribution is 2.19. The predicted molar refractivity (Wildman–Crippen MR) is 91.4 cm³/mol. The highest BCUT2D eigenvalue weighted by Gasteiger charge is 2.20. The van der Waals surface area contributed by atoms with Crippen LogP contribution in [0.25, 0.3) is 0 Å². The first-order valence-electron chi connectivity index (χ1n) is 7.45. The van der Waals surface area contributed by atoms with Crippen molar-refractivity contribution < 1.29 is 9.32 Å². The number of rotatable bonds is 4. The average Bonchev–Trinajstić information content (AvgIpc) is 3.05. The number of benzene rings is 1. The first-order valence-corrected chi connectivity index (χ1v) is 7.83. The smallest absolute Gasteiger partial charge is 0.278 e. The highest BCUT2D eigenvalue weighted by atomic mass is 35.5. The van der Waals surface area contributed by atoms with E-state index in [0.29, 0.717) is 22.9 Å². The van der Waals surface area contributed by atoms with Crippen LogP contribution in [0.2, 0.25) is 5.02 Å². The van der Waals surface area contributed by atoms with Crippen LogP contribution in [-0.2, 0) is 6.54 Å². The second-order valence-electron chi connectivity index (χ2n) is 5.75. The second kappa shape index (κ2) is 6.49. The zero-order valence-corrected chi connectivity index (χ0v) is 14.4. The Balaban J connectivity index is 1.85. The Morgan fingerprint density at radius 2 is 1.96 bits per heavy atom. The van der Waals surface area contributed by atoms with E-state index in [1.165, 1.54) is 0 Å². The van der Waals surface area contributed by atoms with Gasteiger partial charge in [-0.3, -0.25) is 9.48 Å². The number of nitrogens with one attached hydrogen (secondary N) is 1. The average molecular weight is 345 g/mol. The Morgan fingerprint density at radius 3 is 2.58 bits per heavy atom. The van der Waals surface area contributed by atoms with Crippen molar-refractivity contribution in [1.82, 2.24) is 14.9 Å². The second-order valence-corrected chi connectivity index (χ2v) is 6.19. The standard InChI is InChI=1S/C17H17ClN4O2/c1-10-4-11(2)6-14(5-10)20-17(23)16-15(12(3)24-21-16)9-22-8-13(18)7-19-22/h4-8H,9H2,1-3H3,(H,20,23). The van der Waals surface area contributed by atoms with Gasteiger partial charge >= 0.3 is 0 Å². The maximum Gasteiger partial charge on any atom is 0.278 e. The number of aromatic nitrogens is 3. The number of halogens is 1. The summed E-state index contributed by atoms with van der Waals surface area (Å²) in [6.07, 6.45) is 3.22. The van der Waals surface area contributed by atoms with Crippen molar-refractivity contribution in [3.05, 3.63) is 63.8 Å². The SMILES string of the molecule is Cc1cc(C)cc(NC(=O)c2noc(C)c2Cn2cc(Cl)cn2)c1. The Labute approximate surface area is 144 Å². The number of anilines is 1. The van der Waals surface area contributed by atoms with Crippen LogP contribution in [0.5, 0.6) is 0 Å². The van der Waals surface area contributed by atoms with Gasteiger partial charge in [-0.2, -0.15) is 5.10 Å². The van der Waals surface area contributed by atoms with Gasteiger partial charge in [0.1, 0.15) is 5.76 Å². The van der Waals surface area contributed by atoms with Crippen LogP contribution in [0.1, 0.15) is 32.9 Å². The molecule has 24 heavy (non-hydrogen) atoms. The summed E-state index contributed by atoms with van der Waals surface area (Å²) in [4.78, 5) is 12.6. The van der Waals surface area contributed by atoms with E-state index >= 15 is 0 Å². The quantitative estimate of drug-likeness (QED) is 0.782. The van der Waals surface area contributed by atoms with Crippen LogP contribution >= 0.6 is 11.6 Å². The third kappa shape index (κ3) is 3.49. The summed E-state index contributed by atoms with van der Waals surface area (Å²) in [5.41, 5.74) is 3.81. The normalized spacial score (nSPS) is 10.8. The van der Waals surface area contributed by atoms with E-state index in [1.807, 2.05) is 32.0 Å². The summed E-state index contributed by atoms with van der Waals surface area (Å²) in [6, 6.07) is 5.86. The van der Waals surface area contributed by atoms with E-state index in [4.69, 9.17) is 16.1 Å². The number of amides is 1. The van der Waals surface area contributed by atoms with Crippen LogP contribution < -0.4 is 5.32 Å².